The van der Waals surface area contributed by atoms with Crippen LogP contribution in [0.5, 0.6) is 5.75 Å². The van der Waals surface area contributed by atoms with Crippen LogP contribution in [0.4, 0.5) is 5.69 Å². The molecule has 6 nitrogen and oxygen atoms in total. The first-order valence-corrected chi connectivity index (χ1v) is 11.9. The van der Waals surface area contributed by atoms with Gasteiger partial charge in [0.1, 0.15) is 11.8 Å². The molecule has 33 heavy (non-hydrogen) atoms. The van der Waals surface area contributed by atoms with E-state index in [0.717, 1.165) is 15.3 Å². The number of thiophene rings is 1. The molecule has 2 heterocycles. The third kappa shape index (κ3) is 5.26. The maximum atomic E-state index is 13.4. The largest absolute Gasteiger partial charge is 0.494 e. The number of benzene rings is 2. The molecule has 0 aliphatic carbocycles. The molecule has 1 unspecified atom stereocenters. The monoisotopic (exact) mass is 482 g/mol. The lowest BCUT2D eigenvalue weighted by Crippen LogP contribution is -2.45. The van der Waals surface area contributed by atoms with Crippen LogP contribution < -0.4 is 9.64 Å². The van der Waals surface area contributed by atoms with Gasteiger partial charge in [-0.15, -0.1) is 11.3 Å². The molecule has 0 spiro atoms. The number of halogens is 1. The van der Waals surface area contributed by atoms with Gasteiger partial charge < -0.3 is 9.64 Å². The molecule has 0 saturated carbocycles. The molecule has 3 amide bonds. The van der Waals surface area contributed by atoms with Crippen LogP contribution in [0, 0.1) is 0 Å². The first-order valence-electron chi connectivity index (χ1n) is 10.6. The SMILES string of the molecule is CCOc1ccc(N2C(=O)CC(N(Cc3cccs3)C(=O)Cc3ccc(Cl)cc3)C2=O)cc1. The fraction of sp³-hybridized carbons (Fsp3) is 0.240. The fourth-order valence-corrected chi connectivity index (χ4v) is 4.64. The van der Waals surface area contributed by atoms with Crippen molar-refractivity contribution in [2.75, 3.05) is 11.5 Å². The average Bonchev–Trinajstić information content (AvgIpc) is 3.42. The first-order chi connectivity index (χ1) is 16.0. The molecule has 2 aromatic carbocycles. The van der Waals surface area contributed by atoms with E-state index in [2.05, 4.69) is 0 Å². The Kier molecular flexibility index (Phi) is 7.11. The summed E-state index contributed by atoms with van der Waals surface area (Å²) in [5.41, 5.74) is 1.26. The van der Waals surface area contributed by atoms with Crippen LogP contribution in [0.2, 0.25) is 5.02 Å². The van der Waals surface area contributed by atoms with Gasteiger partial charge in [0.15, 0.2) is 0 Å². The second-order valence-corrected chi connectivity index (χ2v) is 9.09. The predicted molar refractivity (Wildman–Crippen MR) is 129 cm³/mol. The van der Waals surface area contributed by atoms with Crippen molar-refractivity contribution < 1.29 is 19.1 Å². The van der Waals surface area contributed by atoms with Crippen molar-refractivity contribution in [1.82, 2.24) is 4.90 Å². The molecule has 4 rings (SSSR count). The Morgan fingerprint density at radius 2 is 1.85 bits per heavy atom. The Morgan fingerprint density at radius 3 is 2.48 bits per heavy atom. The number of rotatable bonds is 8. The molecule has 3 aromatic rings. The molecule has 1 aromatic heterocycles. The quantitative estimate of drug-likeness (QED) is 0.436. The second kappa shape index (κ2) is 10.2. The minimum atomic E-state index is -0.856. The van der Waals surface area contributed by atoms with Crippen LogP contribution in [0.25, 0.3) is 0 Å². The van der Waals surface area contributed by atoms with Crippen LogP contribution in [-0.4, -0.2) is 35.3 Å². The van der Waals surface area contributed by atoms with Crippen molar-refractivity contribution in [1.29, 1.82) is 0 Å². The van der Waals surface area contributed by atoms with Crippen molar-refractivity contribution in [3.8, 4) is 5.75 Å². The zero-order valence-electron chi connectivity index (χ0n) is 18.1. The van der Waals surface area contributed by atoms with E-state index in [9.17, 15) is 14.4 Å². The minimum absolute atomic E-state index is 0.0518. The Balaban J connectivity index is 1.58. The number of hydrogen-bond acceptors (Lipinski definition) is 5. The van der Waals surface area contributed by atoms with Gasteiger partial charge in [-0.3, -0.25) is 14.4 Å². The summed E-state index contributed by atoms with van der Waals surface area (Å²) in [6.45, 7) is 2.68. The lowest BCUT2D eigenvalue weighted by Gasteiger charge is -2.27. The molecule has 8 heteroatoms. The molecular formula is C25H23ClN2O4S. The zero-order chi connectivity index (χ0) is 23.4. The predicted octanol–water partition coefficient (Wildman–Crippen LogP) is 4.70. The van der Waals surface area contributed by atoms with E-state index in [1.54, 1.807) is 48.5 Å². The molecule has 1 atom stereocenters. The summed E-state index contributed by atoms with van der Waals surface area (Å²) in [6, 6.07) is 16.8. The summed E-state index contributed by atoms with van der Waals surface area (Å²) in [5, 5.41) is 2.51. The molecule has 0 radical (unpaired) electrons. The Bertz CT molecular complexity index is 1130. The van der Waals surface area contributed by atoms with Crippen LogP contribution in [-0.2, 0) is 27.3 Å². The molecule has 0 N–H and O–H groups in total. The lowest BCUT2D eigenvalue weighted by atomic mass is 10.1. The smallest absolute Gasteiger partial charge is 0.257 e. The van der Waals surface area contributed by atoms with E-state index in [0.29, 0.717) is 23.1 Å². The third-order valence-corrected chi connectivity index (χ3v) is 6.51. The van der Waals surface area contributed by atoms with Gasteiger partial charge in [0, 0.05) is 9.90 Å². The minimum Gasteiger partial charge on any atom is -0.494 e. The van der Waals surface area contributed by atoms with Crippen molar-refractivity contribution >= 4 is 46.3 Å². The number of carbonyl (C=O) groups is 3. The van der Waals surface area contributed by atoms with Crippen molar-refractivity contribution in [3.63, 3.8) is 0 Å². The summed E-state index contributed by atoms with van der Waals surface area (Å²) in [7, 11) is 0. The zero-order valence-corrected chi connectivity index (χ0v) is 19.6. The topological polar surface area (TPSA) is 66.9 Å². The average molecular weight is 483 g/mol. The van der Waals surface area contributed by atoms with Gasteiger partial charge in [0.2, 0.25) is 11.8 Å². The van der Waals surface area contributed by atoms with Gasteiger partial charge in [-0.1, -0.05) is 29.8 Å². The lowest BCUT2D eigenvalue weighted by molar-refractivity contribution is -0.138. The molecule has 1 fully saturated rings. The van der Waals surface area contributed by atoms with E-state index in [1.807, 2.05) is 24.4 Å². The van der Waals surface area contributed by atoms with E-state index in [-0.39, 0.29) is 31.2 Å². The third-order valence-electron chi connectivity index (χ3n) is 5.40. The molecular weight excluding hydrogens is 460 g/mol. The normalized spacial score (nSPS) is 15.7. The maximum absolute atomic E-state index is 13.4. The van der Waals surface area contributed by atoms with Crippen LogP contribution >= 0.6 is 22.9 Å². The highest BCUT2D eigenvalue weighted by Gasteiger charge is 2.44. The number of nitrogens with zero attached hydrogens (tertiary/aromatic N) is 2. The molecule has 1 aliphatic heterocycles. The summed E-state index contributed by atoms with van der Waals surface area (Å²) in [6.07, 6.45) is 0.0628. The van der Waals surface area contributed by atoms with Gasteiger partial charge >= 0.3 is 0 Å². The molecule has 170 valence electrons. The number of carbonyl (C=O) groups excluding carboxylic acids is 3. The van der Waals surface area contributed by atoms with E-state index in [4.69, 9.17) is 16.3 Å². The van der Waals surface area contributed by atoms with E-state index < -0.39 is 11.9 Å². The molecule has 1 saturated heterocycles. The summed E-state index contributed by atoms with van der Waals surface area (Å²) < 4.78 is 5.44. The number of anilines is 1. The van der Waals surface area contributed by atoms with Crippen molar-refractivity contribution in [2.45, 2.75) is 32.4 Å². The van der Waals surface area contributed by atoms with Crippen molar-refractivity contribution in [2.24, 2.45) is 0 Å². The van der Waals surface area contributed by atoms with Gasteiger partial charge in [-0.05, 0) is 60.3 Å². The number of hydrogen-bond donors (Lipinski definition) is 0. The Labute approximate surface area is 201 Å². The summed E-state index contributed by atoms with van der Waals surface area (Å²) >= 11 is 7.46. The van der Waals surface area contributed by atoms with Crippen molar-refractivity contribution in [3.05, 3.63) is 81.5 Å². The highest BCUT2D eigenvalue weighted by atomic mass is 35.5. The highest BCUT2D eigenvalue weighted by molar-refractivity contribution is 7.09. The molecule has 1 aliphatic rings. The molecule has 0 bridgehead atoms. The summed E-state index contributed by atoms with van der Waals surface area (Å²) in [5.74, 6) is -0.283. The van der Waals surface area contributed by atoms with Crippen LogP contribution in [0.1, 0.15) is 23.8 Å². The number of ether oxygens (including phenoxy) is 1. The van der Waals surface area contributed by atoms with E-state index in [1.165, 1.54) is 16.2 Å². The first kappa shape index (κ1) is 23.0. The van der Waals surface area contributed by atoms with Gasteiger partial charge in [-0.2, -0.15) is 0 Å². The number of imide groups is 1. The Hall–Kier alpha value is -3.16. The Morgan fingerprint density at radius 1 is 1.12 bits per heavy atom. The second-order valence-electron chi connectivity index (χ2n) is 7.62. The van der Waals surface area contributed by atoms with E-state index >= 15 is 0 Å². The standard InChI is InChI=1S/C25H23ClN2O4S/c1-2-32-20-11-9-19(10-12-20)28-24(30)15-22(25(28)31)27(16-21-4-3-13-33-21)23(29)14-17-5-7-18(26)8-6-17/h3-13,22H,2,14-16H2,1H3. The highest BCUT2D eigenvalue weighted by Crippen LogP contribution is 2.29. The van der Waals surface area contributed by atoms with Gasteiger partial charge in [0.05, 0.1) is 31.7 Å². The van der Waals surface area contributed by atoms with Gasteiger partial charge in [-0.25, -0.2) is 4.90 Å². The number of amides is 3. The van der Waals surface area contributed by atoms with Gasteiger partial charge in [0.25, 0.3) is 5.91 Å². The maximum Gasteiger partial charge on any atom is 0.257 e. The summed E-state index contributed by atoms with van der Waals surface area (Å²) in [4.78, 5) is 43.2. The van der Waals surface area contributed by atoms with Crippen LogP contribution in [0.3, 0.4) is 0 Å². The fourth-order valence-electron chi connectivity index (χ4n) is 3.81. The van der Waals surface area contributed by atoms with Crippen LogP contribution in [0.15, 0.2) is 66.0 Å².